The highest BCUT2D eigenvalue weighted by Crippen LogP contribution is 2.44. The van der Waals surface area contributed by atoms with E-state index >= 15 is 0 Å². The van der Waals surface area contributed by atoms with Crippen LogP contribution < -0.4 is 4.90 Å². The molecule has 0 amide bonds. The molecule has 1 heterocycles. The molecule has 0 unspecified atom stereocenters. The van der Waals surface area contributed by atoms with Gasteiger partial charge in [-0.05, 0) is 4.90 Å². The number of nitrogens with zero attached hydrogens (tertiary/aromatic N) is 4. The zero-order valence-electron chi connectivity index (χ0n) is 7.99. The van der Waals surface area contributed by atoms with Crippen LogP contribution in [0.15, 0.2) is 4.63 Å². The van der Waals surface area contributed by atoms with E-state index in [4.69, 9.17) is 23.2 Å². The number of aromatic nitrogens is 2. The zero-order chi connectivity index (χ0) is 13.6. The first-order chi connectivity index (χ1) is 8.36. The molecule has 2 rings (SSSR count). The van der Waals surface area contributed by atoms with Gasteiger partial charge >= 0.3 is 16.9 Å². The van der Waals surface area contributed by atoms with E-state index in [1.807, 2.05) is 0 Å². The summed E-state index contributed by atoms with van der Waals surface area (Å²) >= 11 is 11.1. The van der Waals surface area contributed by atoms with Gasteiger partial charge in [0.15, 0.2) is 5.02 Å². The van der Waals surface area contributed by atoms with E-state index in [9.17, 15) is 25.4 Å². The maximum absolute atomic E-state index is 11.2. The first-order valence-electron chi connectivity index (χ1n) is 4.05. The number of rotatable bonds is 2. The van der Waals surface area contributed by atoms with Crippen LogP contribution in [-0.4, -0.2) is 15.0 Å². The van der Waals surface area contributed by atoms with Crippen molar-refractivity contribution < 1.29 is 19.4 Å². The minimum atomic E-state index is -1.04. The molecule has 0 bridgehead atoms. The molecule has 94 valence electrons. The monoisotopic (exact) mass is 294 g/mol. The van der Waals surface area contributed by atoms with Crippen molar-refractivity contribution in [1.82, 2.24) is 5.16 Å². The van der Waals surface area contributed by atoms with Crippen molar-refractivity contribution >= 4 is 45.6 Å². The molecule has 0 aliphatic carbocycles. The Morgan fingerprint density at radius 3 is 2.17 bits per heavy atom. The summed E-state index contributed by atoms with van der Waals surface area (Å²) < 4.78 is 4.12. The van der Waals surface area contributed by atoms with E-state index < -0.39 is 42.3 Å². The highest BCUT2D eigenvalue weighted by atomic mass is 35.5. The van der Waals surface area contributed by atoms with Gasteiger partial charge in [-0.1, -0.05) is 23.2 Å². The highest BCUT2D eigenvalue weighted by Gasteiger charge is 2.39. The third-order valence-electron chi connectivity index (χ3n) is 2.03. The van der Waals surface area contributed by atoms with Crippen LogP contribution in [0.2, 0.25) is 10.0 Å². The molecule has 10 nitrogen and oxygen atoms in total. The van der Waals surface area contributed by atoms with Crippen molar-refractivity contribution in [3.63, 3.8) is 0 Å². The van der Waals surface area contributed by atoms with E-state index in [1.54, 1.807) is 0 Å². The van der Waals surface area contributed by atoms with Crippen LogP contribution in [-0.2, 0) is 0 Å². The third-order valence-corrected chi connectivity index (χ3v) is 2.75. The van der Waals surface area contributed by atoms with E-state index in [2.05, 4.69) is 9.79 Å². The summed E-state index contributed by atoms with van der Waals surface area (Å²) in [5, 5.41) is 34.3. The number of nitro groups is 2. The van der Waals surface area contributed by atoms with E-state index in [0.717, 1.165) is 0 Å². The third kappa shape index (κ3) is 1.50. The van der Waals surface area contributed by atoms with Crippen LogP contribution in [0.3, 0.4) is 0 Å². The summed E-state index contributed by atoms with van der Waals surface area (Å²) in [4.78, 5) is 19.2. The normalized spacial score (nSPS) is 10.8. The molecular weight excluding hydrogens is 295 g/mol. The number of fused-ring (bicyclic) bond motifs is 1. The van der Waals surface area contributed by atoms with Gasteiger partial charge in [-0.25, -0.2) is 0 Å². The fourth-order valence-electron chi connectivity index (χ4n) is 1.34. The largest absolute Gasteiger partial charge is 0.359 e. The SMILES string of the molecule is O=[N+]([O-])c1c(Cl)c([N+](=O)[O-])c2no[n+]([O-])c2c1Cl. The standard InChI is InChI=1S/C6Cl2N4O6/c7-1-4(10(13)14)2(8)6-3(5(1)11(15)16)9-18-12(6)17. The lowest BCUT2D eigenvalue weighted by molar-refractivity contribution is -0.782. The number of benzene rings is 1. The number of nitro benzene ring substituents is 2. The molecule has 1 aromatic heterocycles. The van der Waals surface area contributed by atoms with Gasteiger partial charge in [0.1, 0.15) is 0 Å². The zero-order valence-corrected chi connectivity index (χ0v) is 9.51. The molecule has 18 heavy (non-hydrogen) atoms. The average molecular weight is 295 g/mol. The highest BCUT2D eigenvalue weighted by molar-refractivity contribution is 6.43. The number of hydrogen-bond acceptors (Lipinski definition) is 7. The number of halogens is 2. The van der Waals surface area contributed by atoms with Crippen LogP contribution in [0.5, 0.6) is 0 Å². The summed E-state index contributed by atoms with van der Waals surface area (Å²) in [5.74, 6) is 0. The minimum absolute atomic E-state index is 0.270. The lowest BCUT2D eigenvalue weighted by Gasteiger charge is -1.98. The molecule has 0 radical (unpaired) electrons. The van der Waals surface area contributed by atoms with Crippen LogP contribution in [0.4, 0.5) is 11.4 Å². The van der Waals surface area contributed by atoms with Crippen molar-refractivity contribution in [2.45, 2.75) is 0 Å². The molecule has 0 aliphatic heterocycles. The van der Waals surface area contributed by atoms with Gasteiger partial charge in [-0.3, -0.25) is 24.9 Å². The second-order valence-corrected chi connectivity index (χ2v) is 3.72. The summed E-state index contributed by atoms with van der Waals surface area (Å²) in [7, 11) is 0. The van der Waals surface area contributed by atoms with Gasteiger partial charge in [0.05, 0.1) is 15.0 Å². The molecule has 12 heteroatoms. The van der Waals surface area contributed by atoms with Crippen LogP contribution in [0.25, 0.3) is 11.0 Å². The summed E-state index contributed by atoms with van der Waals surface area (Å²) in [6.45, 7) is 0. The second kappa shape index (κ2) is 3.92. The van der Waals surface area contributed by atoms with Crippen molar-refractivity contribution in [2.75, 3.05) is 0 Å². The molecule has 0 N–H and O–H groups in total. The first-order valence-corrected chi connectivity index (χ1v) is 4.81. The van der Waals surface area contributed by atoms with Gasteiger partial charge in [0.25, 0.3) is 5.52 Å². The van der Waals surface area contributed by atoms with Crippen molar-refractivity contribution in [2.24, 2.45) is 0 Å². The summed E-state index contributed by atoms with van der Waals surface area (Å²) in [6, 6.07) is 0. The van der Waals surface area contributed by atoms with Gasteiger partial charge < -0.3 is 5.21 Å². The molecule has 0 spiro atoms. The van der Waals surface area contributed by atoms with Gasteiger partial charge in [-0.2, -0.15) is 0 Å². The van der Waals surface area contributed by atoms with Crippen LogP contribution >= 0.6 is 23.2 Å². The minimum Gasteiger partial charge on any atom is -0.359 e. The van der Waals surface area contributed by atoms with Crippen molar-refractivity contribution in [3.8, 4) is 0 Å². The molecule has 2 aromatic rings. The van der Waals surface area contributed by atoms with Crippen molar-refractivity contribution in [1.29, 1.82) is 0 Å². The van der Waals surface area contributed by atoms with E-state index in [0.29, 0.717) is 0 Å². The fourth-order valence-corrected chi connectivity index (χ4v) is 2.03. The Morgan fingerprint density at radius 2 is 1.67 bits per heavy atom. The smallest absolute Gasteiger partial charge is 0.352 e. The second-order valence-electron chi connectivity index (χ2n) is 2.97. The molecule has 0 aliphatic rings. The molecular formula is C6Cl2N4O6. The van der Waals surface area contributed by atoms with Crippen LogP contribution in [0.1, 0.15) is 0 Å². The van der Waals surface area contributed by atoms with Gasteiger partial charge in [0, 0.05) is 0 Å². The quantitative estimate of drug-likeness (QED) is 0.465. The Labute approximate surface area is 106 Å². The maximum atomic E-state index is 11.2. The van der Waals surface area contributed by atoms with E-state index in [1.165, 1.54) is 0 Å². The first kappa shape index (κ1) is 12.3. The lowest BCUT2D eigenvalue weighted by Crippen LogP contribution is -2.23. The summed E-state index contributed by atoms with van der Waals surface area (Å²) in [5.41, 5.74) is -3.05. The summed E-state index contributed by atoms with van der Waals surface area (Å²) in [6.07, 6.45) is 0. The molecule has 0 fully saturated rings. The molecule has 1 aromatic carbocycles. The predicted molar refractivity (Wildman–Crippen MR) is 56.3 cm³/mol. The molecule has 0 atom stereocenters. The van der Waals surface area contributed by atoms with Crippen LogP contribution in [0, 0.1) is 25.4 Å². The van der Waals surface area contributed by atoms with Gasteiger partial charge in [-0.15, -0.1) is 0 Å². The van der Waals surface area contributed by atoms with Gasteiger partial charge in [0.2, 0.25) is 5.02 Å². The number of hydrogen-bond donors (Lipinski definition) is 0. The maximum Gasteiger partial charge on any atom is 0.352 e. The fraction of sp³-hybridized carbons (Fsp3) is 0. The Bertz CT molecular complexity index is 697. The molecule has 0 saturated carbocycles. The Morgan fingerprint density at radius 1 is 1.11 bits per heavy atom. The topological polar surface area (TPSA) is 139 Å². The average Bonchev–Trinajstić information content (AvgIpc) is 2.59. The predicted octanol–water partition coefficient (Wildman–Crippen LogP) is 1.58. The lowest BCUT2D eigenvalue weighted by atomic mass is 10.2. The van der Waals surface area contributed by atoms with E-state index in [-0.39, 0.29) is 4.90 Å². The molecule has 0 saturated heterocycles. The Hall–Kier alpha value is -2.20. The Balaban J connectivity index is 3.08. The van der Waals surface area contributed by atoms with Crippen molar-refractivity contribution in [3.05, 3.63) is 35.5 Å². The Kier molecular flexibility index (Phi) is 2.67.